The molecule has 0 fully saturated rings. The van der Waals surface area contributed by atoms with Gasteiger partial charge >= 0.3 is 0 Å². The molecule has 1 atom stereocenters. The summed E-state index contributed by atoms with van der Waals surface area (Å²) in [7, 11) is 0. The van der Waals surface area contributed by atoms with Crippen LogP contribution >= 0.6 is 11.8 Å². The molecule has 0 amide bonds. The second-order valence-electron chi connectivity index (χ2n) is 5.14. The summed E-state index contributed by atoms with van der Waals surface area (Å²) >= 11 is 1.85. The Labute approximate surface area is 125 Å². The molecule has 108 valence electrons. The van der Waals surface area contributed by atoms with E-state index in [1.165, 1.54) is 16.3 Å². The SMILES string of the molecule is CSCCCOc1ccc2ccccc2c1CC(C)N. The van der Waals surface area contributed by atoms with Crippen LogP contribution in [0.4, 0.5) is 0 Å². The van der Waals surface area contributed by atoms with Gasteiger partial charge in [-0.1, -0.05) is 30.3 Å². The summed E-state index contributed by atoms with van der Waals surface area (Å²) in [5.41, 5.74) is 7.24. The van der Waals surface area contributed by atoms with Crippen molar-refractivity contribution in [3.8, 4) is 5.75 Å². The van der Waals surface area contributed by atoms with Gasteiger partial charge in [-0.25, -0.2) is 0 Å². The predicted molar refractivity (Wildman–Crippen MR) is 89.8 cm³/mol. The first-order valence-electron chi connectivity index (χ1n) is 7.10. The van der Waals surface area contributed by atoms with Crippen molar-refractivity contribution in [2.45, 2.75) is 25.8 Å². The third kappa shape index (κ3) is 3.90. The molecule has 1 unspecified atom stereocenters. The lowest BCUT2D eigenvalue weighted by molar-refractivity contribution is 0.315. The van der Waals surface area contributed by atoms with E-state index in [0.29, 0.717) is 0 Å². The number of ether oxygens (including phenoxy) is 1. The molecule has 0 saturated carbocycles. The smallest absolute Gasteiger partial charge is 0.123 e. The van der Waals surface area contributed by atoms with Crippen molar-refractivity contribution in [3.05, 3.63) is 42.0 Å². The molecule has 0 radical (unpaired) electrons. The van der Waals surface area contributed by atoms with E-state index in [2.05, 4.69) is 42.7 Å². The van der Waals surface area contributed by atoms with Crippen LogP contribution in [0.2, 0.25) is 0 Å². The lowest BCUT2D eigenvalue weighted by Gasteiger charge is -2.16. The average Bonchev–Trinajstić information content (AvgIpc) is 2.45. The van der Waals surface area contributed by atoms with E-state index in [0.717, 1.165) is 31.0 Å². The molecule has 0 aliphatic heterocycles. The topological polar surface area (TPSA) is 35.2 Å². The van der Waals surface area contributed by atoms with Gasteiger partial charge in [0.05, 0.1) is 6.61 Å². The fraction of sp³-hybridized carbons (Fsp3) is 0.412. The third-order valence-electron chi connectivity index (χ3n) is 3.27. The number of hydrogen-bond donors (Lipinski definition) is 1. The lowest BCUT2D eigenvalue weighted by atomic mass is 9.98. The van der Waals surface area contributed by atoms with Gasteiger partial charge in [0.15, 0.2) is 0 Å². The van der Waals surface area contributed by atoms with Gasteiger partial charge in [-0.15, -0.1) is 0 Å². The normalized spacial score (nSPS) is 12.6. The van der Waals surface area contributed by atoms with E-state index in [9.17, 15) is 0 Å². The number of thioether (sulfide) groups is 1. The highest BCUT2D eigenvalue weighted by Crippen LogP contribution is 2.29. The Hall–Kier alpha value is -1.19. The van der Waals surface area contributed by atoms with Crippen LogP contribution in [0.5, 0.6) is 5.75 Å². The molecule has 2 aromatic carbocycles. The van der Waals surface area contributed by atoms with Gasteiger partial charge in [-0.3, -0.25) is 0 Å². The van der Waals surface area contributed by atoms with E-state index in [1.807, 2.05) is 18.7 Å². The Morgan fingerprint density at radius 1 is 1.20 bits per heavy atom. The second kappa shape index (κ2) is 7.55. The molecule has 2 nitrogen and oxygen atoms in total. The largest absolute Gasteiger partial charge is 0.493 e. The maximum atomic E-state index is 6.00. The molecule has 3 heteroatoms. The van der Waals surface area contributed by atoms with Crippen LogP contribution in [0, 0.1) is 0 Å². The van der Waals surface area contributed by atoms with Crippen LogP contribution in [0.3, 0.4) is 0 Å². The monoisotopic (exact) mass is 289 g/mol. The summed E-state index contributed by atoms with van der Waals surface area (Å²) < 4.78 is 5.98. The molecular weight excluding hydrogens is 266 g/mol. The standard InChI is InChI=1S/C17H23NOS/c1-13(18)12-16-15-7-4-3-6-14(15)8-9-17(16)19-10-5-11-20-2/h3-4,6-9,13H,5,10-12,18H2,1-2H3. The molecule has 0 spiro atoms. The Kier molecular flexibility index (Phi) is 5.74. The Bertz CT molecular complexity index is 554. The van der Waals surface area contributed by atoms with Crippen molar-refractivity contribution in [3.63, 3.8) is 0 Å². The van der Waals surface area contributed by atoms with Crippen LogP contribution in [-0.4, -0.2) is 24.7 Å². The van der Waals surface area contributed by atoms with E-state index < -0.39 is 0 Å². The van der Waals surface area contributed by atoms with Crippen LogP contribution in [0.1, 0.15) is 18.9 Å². The first kappa shape index (κ1) is 15.2. The summed E-state index contributed by atoms with van der Waals surface area (Å²) in [6, 6.07) is 12.8. The van der Waals surface area contributed by atoms with E-state index in [4.69, 9.17) is 10.5 Å². The highest BCUT2D eigenvalue weighted by Gasteiger charge is 2.10. The predicted octanol–water partition coefficient (Wildman–Crippen LogP) is 3.86. The quantitative estimate of drug-likeness (QED) is 0.786. The summed E-state index contributed by atoms with van der Waals surface area (Å²) in [6.07, 6.45) is 4.04. The summed E-state index contributed by atoms with van der Waals surface area (Å²) in [5, 5.41) is 2.51. The van der Waals surface area contributed by atoms with Gasteiger partial charge in [0, 0.05) is 11.6 Å². The molecule has 0 bridgehead atoms. The number of fused-ring (bicyclic) bond motifs is 1. The highest BCUT2D eigenvalue weighted by atomic mass is 32.2. The molecular formula is C17H23NOS. The van der Waals surface area contributed by atoms with Gasteiger partial charge in [0.25, 0.3) is 0 Å². The molecule has 2 rings (SSSR count). The van der Waals surface area contributed by atoms with Gasteiger partial charge in [0.1, 0.15) is 5.75 Å². The van der Waals surface area contributed by atoms with E-state index >= 15 is 0 Å². The fourth-order valence-electron chi connectivity index (χ4n) is 2.37. The van der Waals surface area contributed by atoms with Crippen LogP contribution < -0.4 is 10.5 Å². The molecule has 0 aliphatic carbocycles. The summed E-state index contributed by atoms with van der Waals surface area (Å²) in [4.78, 5) is 0. The first-order valence-corrected chi connectivity index (χ1v) is 8.49. The summed E-state index contributed by atoms with van der Waals surface area (Å²) in [5.74, 6) is 2.12. The zero-order valence-corrected chi connectivity index (χ0v) is 13.1. The molecule has 20 heavy (non-hydrogen) atoms. The van der Waals surface area contributed by atoms with Crippen LogP contribution in [-0.2, 0) is 6.42 Å². The minimum Gasteiger partial charge on any atom is -0.493 e. The van der Waals surface area contributed by atoms with Crippen LogP contribution in [0.15, 0.2) is 36.4 Å². The second-order valence-corrected chi connectivity index (χ2v) is 6.13. The van der Waals surface area contributed by atoms with Gasteiger partial charge in [-0.05, 0) is 48.6 Å². The average molecular weight is 289 g/mol. The minimum absolute atomic E-state index is 0.134. The Balaban J connectivity index is 2.27. The van der Waals surface area contributed by atoms with Crippen molar-refractivity contribution in [1.82, 2.24) is 0 Å². The molecule has 0 heterocycles. The third-order valence-corrected chi connectivity index (χ3v) is 3.97. The van der Waals surface area contributed by atoms with Crippen molar-refractivity contribution in [2.24, 2.45) is 5.73 Å². The number of rotatable bonds is 7. The zero-order valence-electron chi connectivity index (χ0n) is 12.3. The molecule has 2 aromatic rings. The maximum Gasteiger partial charge on any atom is 0.123 e. The maximum absolute atomic E-state index is 6.00. The molecule has 2 N–H and O–H groups in total. The van der Waals surface area contributed by atoms with Crippen molar-refractivity contribution >= 4 is 22.5 Å². The van der Waals surface area contributed by atoms with E-state index in [-0.39, 0.29) is 6.04 Å². The minimum atomic E-state index is 0.134. The molecule has 0 aromatic heterocycles. The zero-order chi connectivity index (χ0) is 14.4. The first-order chi connectivity index (χ1) is 9.72. The number of hydrogen-bond acceptors (Lipinski definition) is 3. The van der Waals surface area contributed by atoms with E-state index in [1.54, 1.807) is 0 Å². The fourth-order valence-corrected chi connectivity index (χ4v) is 2.78. The molecule has 0 saturated heterocycles. The lowest BCUT2D eigenvalue weighted by Crippen LogP contribution is -2.18. The Morgan fingerprint density at radius 3 is 2.75 bits per heavy atom. The van der Waals surface area contributed by atoms with Gasteiger partial charge in [0.2, 0.25) is 0 Å². The van der Waals surface area contributed by atoms with Gasteiger partial charge < -0.3 is 10.5 Å². The van der Waals surface area contributed by atoms with Gasteiger partial charge in [-0.2, -0.15) is 11.8 Å². The van der Waals surface area contributed by atoms with Crippen LogP contribution in [0.25, 0.3) is 10.8 Å². The van der Waals surface area contributed by atoms with Crippen molar-refractivity contribution in [1.29, 1.82) is 0 Å². The van der Waals surface area contributed by atoms with Crippen molar-refractivity contribution in [2.75, 3.05) is 18.6 Å². The summed E-state index contributed by atoms with van der Waals surface area (Å²) in [6.45, 7) is 2.81. The van der Waals surface area contributed by atoms with Crippen molar-refractivity contribution < 1.29 is 4.74 Å². The highest BCUT2D eigenvalue weighted by molar-refractivity contribution is 7.98. The number of benzene rings is 2. The molecule has 0 aliphatic rings. The number of nitrogens with two attached hydrogens (primary N) is 1. The Morgan fingerprint density at radius 2 is 2.00 bits per heavy atom.